The van der Waals surface area contributed by atoms with Crippen molar-refractivity contribution in [3.05, 3.63) is 64.7 Å². The van der Waals surface area contributed by atoms with E-state index in [1.807, 2.05) is 42.5 Å². The van der Waals surface area contributed by atoms with Crippen molar-refractivity contribution in [2.75, 3.05) is 39.4 Å². The Balaban J connectivity index is 0.00000182. The summed E-state index contributed by atoms with van der Waals surface area (Å²) in [5, 5.41) is 4.13. The van der Waals surface area contributed by atoms with Crippen molar-refractivity contribution in [3.63, 3.8) is 0 Å². The number of hydrogen-bond donors (Lipinski definition) is 1. The molecule has 1 aliphatic rings. The van der Waals surface area contributed by atoms with Gasteiger partial charge in [-0.05, 0) is 23.3 Å². The fraction of sp³-hybridized carbons (Fsp3) is 0.400. The summed E-state index contributed by atoms with van der Waals surface area (Å²) >= 11 is 6.36. The molecule has 0 amide bonds. The summed E-state index contributed by atoms with van der Waals surface area (Å²) in [6.07, 6.45) is 0. The summed E-state index contributed by atoms with van der Waals surface area (Å²) in [4.78, 5) is 2.42. The van der Waals surface area contributed by atoms with Crippen LogP contribution in [-0.4, -0.2) is 44.3 Å². The van der Waals surface area contributed by atoms with Gasteiger partial charge in [0.15, 0.2) is 0 Å². The van der Waals surface area contributed by atoms with Gasteiger partial charge in [0.25, 0.3) is 0 Å². The van der Waals surface area contributed by atoms with Crippen LogP contribution in [0.2, 0.25) is 5.02 Å². The number of hydrogen-bond acceptors (Lipinski definition) is 4. The Hall–Kier alpha value is -1.01. The SMILES string of the molecule is Cl.Cl.Clc1cc(CNCCN2CCOCC2)ccc1OCc1ccccc1. The number of nitrogens with one attached hydrogen (secondary N) is 1. The Labute approximate surface area is 179 Å². The van der Waals surface area contributed by atoms with Crippen LogP contribution in [0.4, 0.5) is 0 Å². The number of halogens is 3. The standard InChI is InChI=1S/C20H25ClN2O2.2ClH/c21-19-14-18(15-22-8-9-23-10-12-24-13-11-23)6-7-20(19)25-16-17-4-2-1-3-5-17;;/h1-7,14,22H,8-13,15-16H2;2*1H. The van der Waals surface area contributed by atoms with Crippen LogP contribution in [0, 0.1) is 0 Å². The largest absolute Gasteiger partial charge is 0.487 e. The van der Waals surface area contributed by atoms with Gasteiger partial charge in [-0.1, -0.05) is 48.0 Å². The first-order valence-corrected chi connectivity index (χ1v) is 9.15. The molecule has 4 nitrogen and oxygen atoms in total. The Bertz CT molecular complexity index is 653. The van der Waals surface area contributed by atoms with Crippen molar-refractivity contribution in [3.8, 4) is 5.75 Å². The van der Waals surface area contributed by atoms with Gasteiger partial charge in [0.2, 0.25) is 0 Å². The molecule has 2 aromatic rings. The molecule has 0 spiro atoms. The van der Waals surface area contributed by atoms with Gasteiger partial charge >= 0.3 is 0 Å². The third-order valence-electron chi connectivity index (χ3n) is 4.27. The molecule has 2 aromatic carbocycles. The second-order valence-electron chi connectivity index (χ2n) is 6.17. The Morgan fingerprint density at radius 1 is 1.00 bits per heavy atom. The molecule has 27 heavy (non-hydrogen) atoms. The van der Waals surface area contributed by atoms with Crippen molar-refractivity contribution < 1.29 is 9.47 Å². The van der Waals surface area contributed by atoms with Crippen molar-refractivity contribution in [2.45, 2.75) is 13.2 Å². The highest BCUT2D eigenvalue weighted by molar-refractivity contribution is 6.32. The molecule has 0 bridgehead atoms. The number of rotatable bonds is 8. The van der Waals surface area contributed by atoms with Crippen molar-refractivity contribution in [1.29, 1.82) is 0 Å². The van der Waals surface area contributed by atoms with E-state index < -0.39 is 0 Å². The van der Waals surface area contributed by atoms with Gasteiger partial charge in [-0.25, -0.2) is 0 Å². The first-order chi connectivity index (χ1) is 12.3. The zero-order chi connectivity index (χ0) is 17.3. The van der Waals surface area contributed by atoms with E-state index in [2.05, 4.69) is 16.3 Å². The van der Waals surface area contributed by atoms with E-state index in [1.165, 1.54) is 5.56 Å². The molecule has 1 saturated heterocycles. The van der Waals surface area contributed by atoms with Crippen LogP contribution in [-0.2, 0) is 17.9 Å². The summed E-state index contributed by atoms with van der Waals surface area (Å²) in [5.41, 5.74) is 2.30. The van der Waals surface area contributed by atoms with Crippen LogP contribution in [0.5, 0.6) is 5.75 Å². The molecule has 0 radical (unpaired) electrons. The molecule has 0 saturated carbocycles. The van der Waals surface area contributed by atoms with Gasteiger partial charge in [0.1, 0.15) is 12.4 Å². The lowest BCUT2D eigenvalue weighted by molar-refractivity contribution is 0.0384. The fourth-order valence-corrected chi connectivity index (χ4v) is 3.06. The van der Waals surface area contributed by atoms with Gasteiger partial charge in [0, 0.05) is 32.7 Å². The maximum Gasteiger partial charge on any atom is 0.138 e. The van der Waals surface area contributed by atoms with Gasteiger partial charge in [0.05, 0.1) is 18.2 Å². The van der Waals surface area contributed by atoms with Crippen LogP contribution >= 0.6 is 36.4 Å². The third kappa shape index (κ3) is 8.26. The summed E-state index contributed by atoms with van der Waals surface area (Å²) in [7, 11) is 0. The van der Waals surface area contributed by atoms with Gasteiger partial charge < -0.3 is 14.8 Å². The van der Waals surface area contributed by atoms with E-state index in [0.29, 0.717) is 11.6 Å². The summed E-state index contributed by atoms with van der Waals surface area (Å²) in [6.45, 7) is 7.10. The fourth-order valence-electron chi connectivity index (χ4n) is 2.80. The average Bonchev–Trinajstić information content (AvgIpc) is 2.66. The minimum Gasteiger partial charge on any atom is -0.487 e. The first kappa shape index (κ1) is 24.0. The van der Waals surface area contributed by atoms with Crippen molar-refractivity contribution >= 4 is 36.4 Å². The second-order valence-corrected chi connectivity index (χ2v) is 6.58. The van der Waals surface area contributed by atoms with Crippen LogP contribution in [0.1, 0.15) is 11.1 Å². The van der Waals surface area contributed by atoms with E-state index in [-0.39, 0.29) is 24.8 Å². The molecular formula is C20H27Cl3N2O2. The molecule has 3 rings (SSSR count). The molecule has 0 atom stereocenters. The minimum absolute atomic E-state index is 0. The molecule has 150 valence electrons. The molecule has 7 heteroatoms. The molecule has 0 unspecified atom stereocenters. The topological polar surface area (TPSA) is 33.7 Å². The van der Waals surface area contributed by atoms with Gasteiger partial charge in [-0.3, -0.25) is 4.90 Å². The summed E-state index contributed by atoms with van der Waals surface area (Å²) < 4.78 is 11.2. The molecule has 1 aliphatic heterocycles. The monoisotopic (exact) mass is 432 g/mol. The van der Waals surface area contributed by atoms with Crippen LogP contribution in [0.15, 0.2) is 48.5 Å². The summed E-state index contributed by atoms with van der Waals surface area (Å²) in [6, 6.07) is 16.1. The van der Waals surface area contributed by atoms with E-state index in [4.69, 9.17) is 21.1 Å². The predicted octanol–water partition coefficient (Wildman–Crippen LogP) is 4.18. The molecule has 0 aliphatic carbocycles. The van der Waals surface area contributed by atoms with E-state index in [9.17, 15) is 0 Å². The molecular weight excluding hydrogens is 407 g/mol. The maximum atomic E-state index is 6.36. The average molecular weight is 434 g/mol. The lowest BCUT2D eigenvalue weighted by atomic mass is 10.2. The first-order valence-electron chi connectivity index (χ1n) is 8.77. The molecule has 1 N–H and O–H groups in total. The number of nitrogens with zero attached hydrogens (tertiary/aromatic N) is 1. The lowest BCUT2D eigenvalue weighted by Gasteiger charge is -2.26. The predicted molar refractivity (Wildman–Crippen MR) is 116 cm³/mol. The van der Waals surface area contributed by atoms with Crippen LogP contribution in [0.3, 0.4) is 0 Å². The normalized spacial score (nSPS) is 14.1. The highest BCUT2D eigenvalue weighted by atomic mass is 35.5. The Morgan fingerprint density at radius 3 is 2.44 bits per heavy atom. The zero-order valence-corrected chi connectivity index (χ0v) is 17.6. The zero-order valence-electron chi connectivity index (χ0n) is 15.2. The molecule has 0 aromatic heterocycles. The lowest BCUT2D eigenvalue weighted by Crippen LogP contribution is -2.40. The molecule has 1 heterocycles. The summed E-state index contributed by atoms with van der Waals surface area (Å²) in [5.74, 6) is 0.725. The van der Waals surface area contributed by atoms with E-state index >= 15 is 0 Å². The van der Waals surface area contributed by atoms with Crippen molar-refractivity contribution in [1.82, 2.24) is 10.2 Å². The number of morpholine rings is 1. The Morgan fingerprint density at radius 2 is 1.74 bits per heavy atom. The minimum atomic E-state index is 0. The highest BCUT2D eigenvalue weighted by Gasteiger charge is 2.09. The quantitative estimate of drug-likeness (QED) is 0.633. The van der Waals surface area contributed by atoms with Gasteiger partial charge in [-0.15, -0.1) is 24.8 Å². The Kier molecular flexibility index (Phi) is 11.8. The van der Waals surface area contributed by atoms with Crippen LogP contribution < -0.4 is 10.1 Å². The van der Waals surface area contributed by atoms with Crippen molar-refractivity contribution in [2.24, 2.45) is 0 Å². The maximum absolute atomic E-state index is 6.36. The van der Waals surface area contributed by atoms with E-state index in [0.717, 1.165) is 57.3 Å². The number of ether oxygens (including phenoxy) is 2. The third-order valence-corrected chi connectivity index (χ3v) is 4.57. The van der Waals surface area contributed by atoms with E-state index in [1.54, 1.807) is 0 Å². The molecule has 1 fully saturated rings. The second kappa shape index (κ2) is 13.2. The van der Waals surface area contributed by atoms with Crippen LogP contribution in [0.25, 0.3) is 0 Å². The highest BCUT2D eigenvalue weighted by Crippen LogP contribution is 2.26. The number of benzene rings is 2. The smallest absolute Gasteiger partial charge is 0.138 e. The van der Waals surface area contributed by atoms with Gasteiger partial charge in [-0.2, -0.15) is 0 Å².